The van der Waals surface area contributed by atoms with Gasteiger partial charge in [0.2, 0.25) is 0 Å². The summed E-state index contributed by atoms with van der Waals surface area (Å²) in [6.07, 6.45) is 14.0. The SMILES string of the molecule is CN/C(C)=C(/C=C\C=C(C)C)\C=C\c1cnc(Nc2ccccn2)s1. The molecular weight excluding hydrogens is 328 g/mol. The molecular formula is C20H24N4S. The third kappa shape index (κ3) is 6.39. The van der Waals surface area contributed by atoms with E-state index in [2.05, 4.69) is 71.8 Å². The lowest BCUT2D eigenvalue weighted by Gasteiger charge is -2.03. The van der Waals surface area contributed by atoms with Crippen molar-refractivity contribution < 1.29 is 0 Å². The van der Waals surface area contributed by atoms with Crippen LogP contribution in [0.1, 0.15) is 25.6 Å². The van der Waals surface area contributed by atoms with E-state index in [1.54, 1.807) is 17.5 Å². The van der Waals surface area contributed by atoms with Crippen LogP contribution in [0.5, 0.6) is 0 Å². The smallest absolute Gasteiger partial charge is 0.188 e. The van der Waals surface area contributed by atoms with Gasteiger partial charge in [-0.25, -0.2) is 9.97 Å². The van der Waals surface area contributed by atoms with Crippen LogP contribution < -0.4 is 10.6 Å². The molecule has 0 saturated carbocycles. The molecule has 0 spiro atoms. The predicted octanol–water partition coefficient (Wildman–Crippen LogP) is 5.31. The van der Waals surface area contributed by atoms with E-state index >= 15 is 0 Å². The molecule has 0 radical (unpaired) electrons. The van der Waals surface area contributed by atoms with Gasteiger partial charge in [0.25, 0.3) is 0 Å². The molecule has 0 unspecified atom stereocenters. The second-order valence-corrected chi connectivity index (χ2v) is 6.74. The Balaban J connectivity index is 2.11. The lowest BCUT2D eigenvalue weighted by Crippen LogP contribution is -2.03. The molecule has 0 fully saturated rings. The molecule has 0 aliphatic rings. The number of pyridine rings is 1. The fourth-order valence-corrected chi connectivity index (χ4v) is 2.66. The van der Waals surface area contributed by atoms with Gasteiger partial charge in [-0.1, -0.05) is 47.3 Å². The van der Waals surface area contributed by atoms with Gasteiger partial charge in [0.05, 0.1) is 0 Å². The van der Waals surface area contributed by atoms with Crippen molar-refractivity contribution in [1.29, 1.82) is 0 Å². The summed E-state index contributed by atoms with van der Waals surface area (Å²) < 4.78 is 0. The van der Waals surface area contributed by atoms with E-state index in [9.17, 15) is 0 Å². The molecule has 0 aromatic carbocycles. The third-order valence-electron chi connectivity index (χ3n) is 3.36. The molecule has 0 atom stereocenters. The first kappa shape index (κ1) is 18.7. The minimum atomic E-state index is 0.795. The van der Waals surface area contributed by atoms with Crippen molar-refractivity contribution >= 4 is 28.4 Å². The summed E-state index contributed by atoms with van der Waals surface area (Å²) in [6.45, 7) is 6.23. The minimum Gasteiger partial charge on any atom is -0.391 e. The molecule has 2 heterocycles. The van der Waals surface area contributed by atoms with Crippen molar-refractivity contribution in [2.75, 3.05) is 12.4 Å². The topological polar surface area (TPSA) is 49.8 Å². The normalized spacial score (nSPS) is 12.3. The molecule has 130 valence electrons. The van der Waals surface area contributed by atoms with Crippen molar-refractivity contribution in [3.8, 4) is 0 Å². The Bertz CT molecular complexity index is 794. The second kappa shape index (κ2) is 9.59. The molecule has 2 rings (SSSR count). The lowest BCUT2D eigenvalue weighted by molar-refractivity contribution is 0.978. The summed E-state index contributed by atoms with van der Waals surface area (Å²) in [5.74, 6) is 0.795. The Morgan fingerprint density at radius 3 is 2.64 bits per heavy atom. The first-order chi connectivity index (χ1) is 12.1. The predicted molar refractivity (Wildman–Crippen MR) is 109 cm³/mol. The van der Waals surface area contributed by atoms with Gasteiger partial charge in [-0.05, 0) is 44.6 Å². The standard InChI is InChI=1S/C20H24N4S/c1-15(2)8-7-9-17(16(3)21-4)11-12-18-14-23-20(25-18)24-19-10-5-6-13-22-19/h5-14,21H,1-4H3,(H,22,23,24)/b9-7-,12-11+,17-16-. The first-order valence-electron chi connectivity index (χ1n) is 8.10. The Morgan fingerprint density at radius 1 is 1.12 bits per heavy atom. The highest BCUT2D eigenvalue weighted by atomic mass is 32.1. The summed E-state index contributed by atoms with van der Waals surface area (Å²) in [5, 5.41) is 7.24. The van der Waals surface area contributed by atoms with Crippen LogP contribution in [0.4, 0.5) is 10.9 Å². The summed E-state index contributed by atoms with van der Waals surface area (Å²) in [6, 6.07) is 5.75. The molecule has 0 bridgehead atoms. The average molecular weight is 353 g/mol. The largest absolute Gasteiger partial charge is 0.391 e. The van der Waals surface area contributed by atoms with Gasteiger partial charge in [-0.3, -0.25) is 0 Å². The van der Waals surface area contributed by atoms with E-state index in [0.717, 1.165) is 27.1 Å². The number of allylic oxidation sites excluding steroid dienone is 7. The van der Waals surface area contributed by atoms with Crippen LogP contribution in [0.2, 0.25) is 0 Å². The van der Waals surface area contributed by atoms with Gasteiger partial charge in [0, 0.05) is 30.0 Å². The zero-order valence-electron chi connectivity index (χ0n) is 15.1. The third-order valence-corrected chi connectivity index (χ3v) is 4.24. The summed E-state index contributed by atoms with van der Waals surface area (Å²) in [4.78, 5) is 9.72. The van der Waals surface area contributed by atoms with E-state index < -0.39 is 0 Å². The van der Waals surface area contributed by atoms with E-state index in [-0.39, 0.29) is 0 Å². The van der Waals surface area contributed by atoms with Crippen LogP contribution in [-0.2, 0) is 0 Å². The van der Waals surface area contributed by atoms with Gasteiger partial charge < -0.3 is 10.6 Å². The van der Waals surface area contributed by atoms with Crippen molar-refractivity contribution in [2.45, 2.75) is 20.8 Å². The fourth-order valence-electron chi connectivity index (χ4n) is 1.93. The molecule has 0 amide bonds. The lowest BCUT2D eigenvalue weighted by atomic mass is 10.1. The number of rotatable bonds is 7. The van der Waals surface area contributed by atoms with Crippen molar-refractivity contribution in [2.24, 2.45) is 0 Å². The van der Waals surface area contributed by atoms with Gasteiger partial charge in [0.1, 0.15) is 5.82 Å². The maximum Gasteiger partial charge on any atom is 0.188 e. The van der Waals surface area contributed by atoms with Crippen LogP contribution >= 0.6 is 11.3 Å². The molecule has 2 aromatic rings. The summed E-state index contributed by atoms with van der Waals surface area (Å²) >= 11 is 1.59. The summed E-state index contributed by atoms with van der Waals surface area (Å²) in [7, 11) is 1.93. The molecule has 0 aliphatic heterocycles. The highest BCUT2D eigenvalue weighted by Gasteiger charge is 2.01. The Hall–Kier alpha value is -2.66. The Kier molecular flexibility index (Phi) is 7.16. The molecule has 5 heteroatoms. The molecule has 0 aliphatic carbocycles. The highest BCUT2D eigenvalue weighted by Crippen LogP contribution is 2.23. The molecule has 0 saturated heterocycles. The minimum absolute atomic E-state index is 0.795. The van der Waals surface area contributed by atoms with Crippen LogP contribution in [0.25, 0.3) is 6.08 Å². The first-order valence-corrected chi connectivity index (χ1v) is 8.92. The quantitative estimate of drug-likeness (QED) is 0.663. The van der Waals surface area contributed by atoms with Gasteiger partial charge in [-0.2, -0.15) is 0 Å². The van der Waals surface area contributed by atoms with Crippen molar-refractivity contribution in [3.63, 3.8) is 0 Å². The second-order valence-electron chi connectivity index (χ2n) is 5.67. The molecule has 25 heavy (non-hydrogen) atoms. The number of hydrogen-bond acceptors (Lipinski definition) is 5. The Morgan fingerprint density at radius 2 is 1.96 bits per heavy atom. The average Bonchev–Trinajstić information content (AvgIpc) is 3.05. The van der Waals surface area contributed by atoms with Crippen LogP contribution in [-0.4, -0.2) is 17.0 Å². The number of aromatic nitrogens is 2. The number of thiazole rings is 1. The monoisotopic (exact) mass is 352 g/mol. The van der Waals surface area contributed by atoms with E-state index in [1.165, 1.54) is 5.57 Å². The highest BCUT2D eigenvalue weighted by molar-refractivity contribution is 7.16. The van der Waals surface area contributed by atoms with Crippen molar-refractivity contribution in [3.05, 3.63) is 76.6 Å². The van der Waals surface area contributed by atoms with Crippen LogP contribution in [0.15, 0.2) is 71.7 Å². The number of nitrogens with zero attached hydrogens (tertiary/aromatic N) is 2. The maximum absolute atomic E-state index is 4.40. The van der Waals surface area contributed by atoms with E-state index in [4.69, 9.17) is 0 Å². The van der Waals surface area contributed by atoms with Crippen LogP contribution in [0, 0.1) is 0 Å². The van der Waals surface area contributed by atoms with E-state index in [0.29, 0.717) is 0 Å². The maximum atomic E-state index is 4.40. The zero-order valence-corrected chi connectivity index (χ0v) is 15.9. The zero-order chi connectivity index (χ0) is 18.1. The van der Waals surface area contributed by atoms with Gasteiger partial charge in [-0.15, -0.1) is 0 Å². The molecule has 2 N–H and O–H groups in total. The molecule has 2 aromatic heterocycles. The number of hydrogen-bond donors (Lipinski definition) is 2. The number of nitrogens with one attached hydrogen (secondary N) is 2. The fraction of sp³-hybridized carbons (Fsp3) is 0.200. The van der Waals surface area contributed by atoms with Crippen LogP contribution in [0.3, 0.4) is 0 Å². The molecule has 4 nitrogen and oxygen atoms in total. The number of anilines is 2. The Labute approximate surface area is 153 Å². The van der Waals surface area contributed by atoms with E-state index in [1.807, 2.05) is 31.4 Å². The van der Waals surface area contributed by atoms with Gasteiger partial charge >= 0.3 is 0 Å². The summed E-state index contributed by atoms with van der Waals surface area (Å²) in [5.41, 5.74) is 3.52. The van der Waals surface area contributed by atoms with Crippen molar-refractivity contribution in [1.82, 2.24) is 15.3 Å². The van der Waals surface area contributed by atoms with Gasteiger partial charge in [0.15, 0.2) is 5.13 Å².